The first-order valence-electron chi connectivity index (χ1n) is 9.00. The van der Waals surface area contributed by atoms with Crippen LogP contribution in [0.3, 0.4) is 0 Å². The van der Waals surface area contributed by atoms with E-state index in [4.69, 9.17) is 16.3 Å². The van der Waals surface area contributed by atoms with Gasteiger partial charge in [0.2, 0.25) is 10.0 Å². The summed E-state index contributed by atoms with van der Waals surface area (Å²) in [6.07, 6.45) is 1.57. The van der Waals surface area contributed by atoms with Gasteiger partial charge in [-0.1, -0.05) is 11.6 Å². The Morgan fingerprint density at radius 2 is 2.00 bits per heavy atom. The Morgan fingerprint density at radius 3 is 2.61 bits per heavy atom. The maximum Gasteiger partial charge on any atom is 0.338 e. The summed E-state index contributed by atoms with van der Waals surface area (Å²) in [5.41, 5.74) is 1.30. The number of non-ortho nitro benzene ring substituents is 1. The van der Waals surface area contributed by atoms with Gasteiger partial charge < -0.3 is 10.1 Å². The van der Waals surface area contributed by atoms with Crippen LogP contribution < -0.4 is 9.62 Å². The van der Waals surface area contributed by atoms with Crippen LogP contribution in [0.25, 0.3) is 0 Å². The fraction of sp³-hybridized carbons (Fsp3) is 0.263. The molecule has 31 heavy (non-hydrogen) atoms. The monoisotopic (exact) mass is 467 g/mol. The van der Waals surface area contributed by atoms with Gasteiger partial charge in [-0.3, -0.25) is 19.2 Å². The molecule has 1 amide bonds. The van der Waals surface area contributed by atoms with E-state index >= 15 is 0 Å². The summed E-state index contributed by atoms with van der Waals surface area (Å²) >= 11 is 5.91. The second kappa shape index (κ2) is 8.52. The Morgan fingerprint density at radius 1 is 1.29 bits per heavy atom. The Kier molecular flexibility index (Phi) is 6.18. The standard InChI is InChI=1S/C19H18ClN3O7S/c1-11-7-13-8-12(3-6-17(13)22(11)31(2,28)29)19(25)30-10-18(24)21-16-5-4-14(23(26)27)9-15(16)20/h3-6,8-9,11H,7,10H2,1-2H3,(H,21,24). The molecule has 0 bridgehead atoms. The molecule has 1 heterocycles. The third-order valence-corrected chi connectivity index (χ3v) is 6.18. The van der Waals surface area contributed by atoms with E-state index in [1.807, 2.05) is 0 Å². The number of sulfonamides is 1. The third kappa shape index (κ3) is 4.94. The Labute approximate surface area is 183 Å². The molecule has 2 aromatic carbocycles. The number of nitro groups is 1. The van der Waals surface area contributed by atoms with Gasteiger partial charge in [0.25, 0.3) is 11.6 Å². The number of anilines is 2. The summed E-state index contributed by atoms with van der Waals surface area (Å²) in [6, 6.07) is 7.79. The van der Waals surface area contributed by atoms with E-state index in [0.29, 0.717) is 17.7 Å². The topological polar surface area (TPSA) is 136 Å². The molecule has 12 heteroatoms. The zero-order valence-corrected chi connectivity index (χ0v) is 18.1. The fourth-order valence-corrected chi connectivity index (χ4v) is 4.84. The number of fused-ring (bicyclic) bond motifs is 1. The van der Waals surface area contributed by atoms with Gasteiger partial charge in [0.05, 0.1) is 33.1 Å². The number of esters is 1. The highest BCUT2D eigenvalue weighted by atomic mass is 35.5. The summed E-state index contributed by atoms with van der Waals surface area (Å²) in [5.74, 6) is -1.43. The minimum atomic E-state index is -3.44. The van der Waals surface area contributed by atoms with E-state index < -0.39 is 33.4 Å². The zero-order chi connectivity index (χ0) is 22.9. The van der Waals surface area contributed by atoms with E-state index in [2.05, 4.69) is 5.32 Å². The lowest BCUT2D eigenvalue weighted by molar-refractivity contribution is -0.384. The van der Waals surface area contributed by atoms with Gasteiger partial charge in [-0.25, -0.2) is 13.2 Å². The number of nitrogens with zero attached hydrogens (tertiary/aromatic N) is 2. The van der Waals surface area contributed by atoms with Crippen molar-refractivity contribution in [3.63, 3.8) is 0 Å². The molecule has 1 aliphatic heterocycles. The average Bonchev–Trinajstić information content (AvgIpc) is 3.02. The number of amides is 1. The SMILES string of the molecule is CC1Cc2cc(C(=O)OCC(=O)Nc3ccc([N+](=O)[O-])cc3Cl)ccc2N1S(C)(=O)=O. The van der Waals surface area contributed by atoms with Crippen molar-refractivity contribution < 1.29 is 27.7 Å². The summed E-state index contributed by atoms with van der Waals surface area (Å²) in [7, 11) is -3.44. The van der Waals surface area contributed by atoms with Crippen LogP contribution in [0.1, 0.15) is 22.8 Å². The normalized spacial score (nSPS) is 15.3. The number of carbonyl (C=O) groups is 2. The Bertz CT molecular complexity index is 1180. The van der Waals surface area contributed by atoms with Crippen LogP contribution in [-0.2, 0) is 26.0 Å². The van der Waals surface area contributed by atoms with Crippen LogP contribution in [0.4, 0.5) is 17.1 Å². The van der Waals surface area contributed by atoms with Gasteiger partial charge in [0.1, 0.15) is 0 Å². The van der Waals surface area contributed by atoms with Crippen molar-refractivity contribution in [1.82, 2.24) is 0 Å². The van der Waals surface area contributed by atoms with E-state index in [0.717, 1.165) is 12.3 Å². The third-order valence-electron chi connectivity index (χ3n) is 4.60. The average molecular weight is 468 g/mol. The van der Waals surface area contributed by atoms with Crippen LogP contribution >= 0.6 is 11.6 Å². The number of nitrogens with one attached hydrogen (secondary N) is 1. The van der Waals surface area contributed by atoms with E-state index in [1.54, 1.807) is 13.0 Å². The van der Waals surface area contributed by atoms with Gasteiger partial charge in [-0.05, 0) is 43.2 Å². The molecule has 0 radical (unpaired) electrons. The van der Waals surface area contributed by atoms with Crippen LogP contribution in [0.2, 0.25) is 5.02 Å². The molecular formula is C19H18ClN3O7S. The van der Waals surface area contributed by atoms with Gasteiger partial charge in [0.15, 0.2) is 6.61 Å². The van der Waals surface area contributed by atoms with Crippen molar-refractivity contribution in [1.29, 1.82) is 0 Å². The molecule has 3 rings (SSSR count). The fourth-order valence-electron chi connectivity index (χ4n) is 3.35. The lowest BCUT2D eigenvalue weighted by Crippen LogP contribution is -2.34. The largest absolute Gasteiger partial charge is 0.452 e. The molecule has 164 valence electrons. The molecule has 0 aromatic heterocycles. The molecule has 1 aliphatic rings. The number of hydrogen-bond acceptors (Lipinski definition) is 7. The minimum absolute atomic E-state index is 0.0305. The van der Waals surface area contributed by atoms with Crippen molar-refractivity contribution in [3.05, 3.63) is 62.7 Å². The predicted octanol–water partition coefficient (Wildman–Crippen LogP) is 2.75. The number of nitro benzene ring substituents is 1. The van der Waals surface area contributed by atoms with Crippen molar-refractivity contribution >= 4 is 50.6 Å². The number of hydrogen-bond donors (Lipinski definition) is 1. The summed E-state index contributed by atoms with van der Waals surface area (Å²) in [4.78, 5) is 34.5. The molecule has 1 atom stereocenters. The van der Waals surface area contributed by atoms with Crippen LogP contribution in [0.5, 0.6) is 0 Å². The first kappa shape index (κ1) is 22.5. The number of carbonyl (C=O) groups excluding carboxylic acids is 2. The number of halogens is 1. The number of benzene rings is 2. The summed E-state index contributed by atoms with van der Waals surface area (Å²) < 4.78 is 30.3. The molecule has 2 aromatic rings. The molecule has 10 nitrogen and oxygen atoms in total. The van der Waals surface area contributed by atoms with Crippen molar-refractivity contribution in [2.45, 2.75) is 19.4 Å². The van der Waals surface area contributed by atoms with Crippen molar-refractivity contribution in [3.8, 4) is 0 Å². The first-order valence-corrected chi connectivity index (χ1v) is 11.2. The maximum absolute atomic E-state index is 12.3. The molecule has 1 N–H and O–H groups in total. The number of ether oxygens (including phenoxy) is 1. The van der Waals surface area contributed by atoms with Gasteiger partial charge in [0, 0.05) is 18.2 Å². The summed E-state index contributed by atoms with van der Waals surface area (Å²) in [5, 5.41) is 13.1. The number of rotatable bonds is 6. The van der Waals surface area contributed by atoms with E-state index in [-0.39, 0.29) is 28.0 Å². The minimum Gasteiger partial charge on any atom is -0.452 e. The van der Waals surface area contributed by atoms with Crippen LogP contribution in [-0.4, -0.2) is 44.1 Å². The Balaban J connectivity index is 1.63. The van der Waals surface area contributed by atoms with Gasteiger partial charge >= 0.3 is 5.97 Å². The molecule has 0 saturated heterocycles. The van der Waals surface area contributed by atoms with E-state index in [9.17, 15) is 28.1 Å². The first-order chi connectivity index (χ1) is 14.5. The summed E-state index contributed by atoms with van der Waals surface area (Å²) in [6.45, 7) is 1.17. The second-order valence-electron chi connectivity index (χ2n) is 7.00. The molecule has 1 unspecified atom stereocenters. The lowest BCUT2D eigenvalue weighted by Gasteiger charge is -2.21. The molecule has 0 spiro atoms. The lowest BCUT2D eigenvalue weighted by atomic mass is 10.1. The zero-order valence-electron chi connectivity index (χ0n) is 16.5. The van der Waals surface area contributed by atoms with Crippen molar-refractivity contribution in [2.75, 3.05) is 22.5 Å². The van der Waals surface area contributed by atoms with Crippen LogP contribution in [0.15, 0.2) is 36.4 Å². The highest BCUT2D eigenvalue weighted by Gasteiger charge is 2.33. The van der Waals surface area contributed by atoms with Crippen LogP contribution in [0, 0.1) is 10.1 Å². The quantitative estimate of drug-likeness (QED) is 0.392. The highest BCUT2D eigenvalue weighted by molar-refractivity contribution is 7.92. The predicted molar refractivity (Wildman–Crippen MR) is 114 cm³/mol. The van der Waals surface area contributed by atoms with E-state index in [1.165, 1.54) is 28.6 Å². The molecule has 0 saturated carbocycles. The van der Waals surface area contributed by atoms with Gasteiger partial charge in [-0.2, -0.15) is 0 Å². The Hall–Kier alpha value is -3.18. The van der Waals surface area contributed by atoms with Gasteiger partial charge in [-0.15, -0.1) is 0 Å². The molecule has 0 fully saturated rings. The van der Waals surface area contributed by atoms with Crippen molar-refractivity contribution in [2.24, 2.45) is 0 Å². The molecule has 0 aliphatic carbocycles. The maximum atomic E-state index is 12.3. The smallest absolute Gasteiger partial charge is 0.338 e. The highest BCUT2D eigenvalue weighted by Crippen LogP contribution is 2.34. The molecular weight excluding hydrogens is 450 g/mol. The second-order valence-corrected chi connectivity index (χ2v) is 9.27.